The van der Waals surface area contributed by atoms with Gasteiger partial charge in [-0.3, -0.25) is 24.0 Å². The Hall–Kier alpha value is -5.47. The third kappa shape index (κ3) is 7.03. The van der Waals surface area contributed by atoms with Crippen LogP contribution < -0.4 is 5.56 Å². The number of aromatic amines is 1. The molecule has 1 N–H and O–H groups in total. The van der Waals surface area contributed by atoms with E-state index in [1.54, 1.807) is 36.4 Å². The van der Waals surface area contributed by atoms with Gasteiger partial charge in [0.05, 0.1) is 17.0 Å². The smallest absolute Gasteiger partial charge is 0.290 e. The van der Waals surface area contributed by atoms with Crippen molar-refractivity contribution in [1.82, 2.24) is 19.7 Å². The Morgan fingerprint density at radius 1 is 0.830 bits per heavy atom. The van der Waals surface area contributed by atoms with Gasteiger partial charge >= 0.3 is 0 Å². The molecule has 0 bridgehead atoms. The first-order chi connectivity index (χ1) is 25.1. The van der Waals surface area contributed by atoms with Crippen LogP contribution in [0.1, 0.15) is 82.2 Å². The van der Waals surface area contributed by atoms with E-state index in [-0.39, 0.29) is 33.8 Å². The molecule has 3 aromatic heterocycles. The largest absolute Gasteiger partial charge is 0.329 e. The van der Waals surface area contributed by atoms with Gasteiger partial charge in [-0.2, -0.15) is 13.9 Å². The molecule has 0 saturated carbocycles. The van der Waals surface area contributed by atoms with Crippen molar-refractivity contribution >= 4 is 11.6 Å². The van der Waals surface area contributed by atoms with Gasteiger partial charge < -0.3 is 4.98 Å². The van der Waals surface area contributed by atoms with Gasteiger partial charge in [0.2, 0.25) is 5.56 Å². The van der Waals surface area contributed by atoms with E-state index in [2.05, 4.69) is 10.1 Å². The number of pyridine rings is 2. The Balaban J connectivity index is 1.36. The van der Waals surface area contributed by atoms with Crippen LogP contribution in [0.25, 0.3) is 22.4 Å². The second-order valence-electron chi connectivity index (χ2n) is 13.3. The second-order valence-corrected chi connectivity index (χ2v) is 13.3. The van der Waals surface area contributed by atoms with Gasteiger partial charge in [0.1, 0.15) is 29.6 Å². The number of alkyl halides is 6. The molecule has 0 saturated heterocycles. The van der Waals surface area contributed by atoms with E-state index in [0.717, 1.165) is 17.7 Å². The van der Waals surface area contributed by atoms with Crippen molar-refractivity contribution in [3.63, 3.8) is 0 Å². The second kappa shape index (κ2) is 13.5. The number of ketones is 2. The van der Waals surface area contributed by atoms with Gasteiger partial charge in [-0.05, 0) is 59.9 Å². The van der Waals surface area contributed by atoms with Crippen molar-refractivity contribution in [2.45, 2.75) is 69.3 Å². The molecule has 274 valence electrons. The molecule has 0 aliphatic heterocycles. The fourth-order valence-electron chi connectivity index (χ4n) is 7.22. The standard InChI is InChI=1S/C38H28F8N4O3/c39-24-12-19(13-25(40)17-24)11-23(14-26(51)18-50-35-32(34(49-50)36(41)42)37(43,44)8-9-38(35,45)46)33-27(21-2-1-20-3-6-30(52)28(20)15-21)4-5-29(48-33)22-7-10-47-31(53)16-22/h1-2,4-5,7,10,12-13,15-17,23,36H,3,6,8-9,11,14,18H2,(H,47,53)/t23-/m1/s1. The van der Waals surface area contributed by atoms with E-state index < -0.39 is 89.9 Å². The van der Waals surface area contributed by atoms with Crippen LogP contribution in [0.3, 0.4) is 0 Å². The van der Waals surface area contributed by atoms with Gasteiger partial charge in [-0.1, -0.05) is 18.2 Å². The minimum Gasteiger partial charge on any atom is -0.329 e. The summed E-state index contributed by atoms with van der Waals surface area (Å²) in [5, 5.41) is 3.38. The van der Waals surface area contributed by atoms with Crippen molar-refractivity contribution < 1.29 is 44.7 Å². The number of benzene rings is 2. The van der Waals surface area contributed by atoms with Crippen LogP contribution in [0.5, 0.6) is 0 Å². The summed E-state index contributed by atoms with van der Waals surface area (Å²) in [6, 6.07) is 13.9. The summed E-state index contributed by atoms with van der Waals surface area (Å²) in [7, 11) is 0. The highest BCUT2D eigenvalue weighted by Gasteiger charge is 2.55. The zero-order chi connectivity index (χ0) is 37.8. The molecule has 2 aromatic carbocycles. The molecule has 2 aliphatic rings. The highest BCUT2D eigenvalue weighted by molar-refractivity contribution is 6.01. The zero-order valence-electron chi connectivity index (χ0n) is 27.5. The fourth-order valence-corrected chi connectivity index (χ4v) is 7.22. The van der Waals surface area contributed by atoms with Crippen LogP contribution in [-0.2, 0) is 36.0 Å². The number of hydrogen-bond donors (Lipinski definition) is 1. The van der Waals surface area contributed by atoms with Crippen LogP contribution in [0, 0.1) is 11.6 Å². The summed E-state index contributed by atoms with van der Waals surface area (Å²) in [6.45, 7) is -1.11. The third-order valence-corrected chi connectivity index (χ3v) is 9.58. The Morgan fingerprint density at radius 2 is 1.57 bits per heavy atom. The average Bonchev–Trinajstić information content (AvgIpc) is 3.68. The number of Topliss-reactive ketones (excluding diaryl/α,β-unsaturated/α-hetero) is 2. The molecule has 15 heteroatoms. The highest BCUT2D eigenvalue weighted by atomic mass is 19.3. The molecule has 2 aliphatic carbocycles. The maximum atomic E-state index is 15.1. The summed E-state index contributed by atoms with van der Waals surface area (Å²) in [5.74, 6) is -12.0. The lowest BCUT2D eigenvalue weighted by molar-refractivity contribution is -0.121. The Labute approximate surface area is 295 Å². The molecule has 0 unspecified atom stereocenters. The maximum absolute atomic E-state index is 15.1. The maximum Gasteiger partial charge on any atom is 0.290 e. The van der Waals surface area contributed by atoms with Crippen molar-refractivity contribution in [3.05, 3.63) is 128 Å². The minimum atomic E-state index is -4.05. The molecule has 7 nitrogen and oxygen atoms in total. The molecule has 53 heavy (non-hydrogen) atoms. The van der Waals surface area contributed by atoms with Crippen molar-refractivity contribution in [3.8, 4) is 22.4 Å². The number of nitrogens with one attached hydrogen (secondary N) is 1. The number of carbonyl (C=O) groups excluding carboxylic acids is 2. The molecule has 0 amide bonds. The van der Waals surface area contributed by atoms with E-state index in [1.807, 2.05) is 0 Å². The van der Waals surface area contributed by atoms with Crippen LogP contribution >= 0.6 is 0 Å². The van der Waals surface area contributed by atoms with E-state index in [1.165, 1.54) is 12.3 Å². The Bertz CT molecular complexity index is 2310. The number of carbonyl (C=O) groups is 2. The van der Waals surface area contributed by atoms with Gasteiger partial charge in [-0.25, -0.2) is 26.3 Å². The molecule has 1 atom stereocenters. The monoisotopic (exact) mass is 740 g/mol. The minimum absolute atomic E-state index is 0.0707. The quantitative estimate of drug-likeness (QED) is 0.145. The predicted molar refractivity (Wildman–Crippen MR) is 175 cm³/mol. The number of aryl methyl sites for hydroxylation is 1. The Kier molecular flexibility index (Phi) is 9.15. The number of H-pyrrole nitrogens is 1. The number of halogens is 8. The highest BCUT2D eigenvalue weighted by Crippen LogP contribution is 2.52. The van der Waals surface area contributed by atoms with E-state index >= 15 is 8.78 Å². The van der Waals surface area contributed by atoms with Gasteiger partial charge in [0, 0.05) is 66.6 Å². The molecule has 7 rings (SSSR count). The molecule has 0 radical (unpaired) electrons. The number of fused-ring (bicyclic) bond motifs is 2. The summed E-state index contributed by atoms with van der Waals surface area (Å²) in [5.41, 5.74) is -2.08. The lowest BCUT2D eigenvalue weighted by Gasteiger charge is -2.29. The number of hydrogen-bond acceptors (Lipinski definition) is 5. The summed E-state index contributed by atoms with van der Waals surface area (Å²) < 4.78 is 117. The average molecular weight is 741 g/mol. The van der Waals surface area contributed by atoms with Crippen molar-refractivity contribution in [2.75, 3.05) is 0 Å². The molecular formula is C38H28F8N4O3. The summed E-state index contributed by atoms with van der Waals surface area (Å²) >= 11 is 0. The first-order valence-corrected chi connectivity index (χ1v) is 16.6. The van der Waals surface area contributed by atoms with Gasteiger partial charge in [-0.15, -0.1) is 0 Å². The fraction of sp³-hybridized carbons (Fsp3) is 0.289. The van der Waals surface area contributed by atoms with Crippen molar-refractivity contribution in [1.29, 1.82) is 0 Å². The number of nitrogens with zero attached hydrogens (tertiary/aromatic N) is 3. The molecule has 0 fully saturated rings. The first-order valence-electron chi connectivity index (χ1n) is 16.6. The van der Waals surface area contributed by atoms with E-state index in [9.17, 15) is 40.7 Å². The van der Waals surface area contributed by atoms with Gasteiger partial charge in [0.15, 0.2) is 11.6 Å². The third-order valence-electron chi connectivity index (χ3n) is 9.58. The zero-order valence-corrected chi connectivity index (χ0v) is 27.5. The predicted octanol–water partition coefficient (Wildman–Crippen LogP) is 8.61. The van der Waals surface area contributed by atoms with E-state index in [0.29, 0.717) is 41.2 Å². The summed E-state index contributed by atoms with van der Waals surface area (Å²) in [6.07, 6.45) is -5.05. The number of aromatic nitrogens is 4. The number of rotatable bonds is 10. The lowest BCUT2D eigenvalue weighted by Crippen LogP contribution is -2.33. The SMILES string of the molecule is O=C(C[C@@H](Cc1cc(F)cc(F)c1)c1nc(-c2cc[nH]c(=O)c2)ccc1-c1ccc2c(c1)C(=O)CC2)Cn1nc(C(F)F)c2c1C(F)(F)CCC2(F)F. The van der Waals surface area contributed by atoms with Crippen LogP contribution in [0.4, 0.5) is 35.1 Å². The topological polar surface area (TPSA) is 97.7 Å². The normalized spacial score (nSPS) is 16.4. The summed E-state index contributed by atoms with van der Waals surface area (Å²) in [4.78, 5) is 46.0. The lowest BCUT2D eigenvalue weighted by atomic mass is 9.85. The van der Waals surface area contributed by atoms with Gasteiger partial charge in [0.25, 0.3) is 18.3 Å². The molecule has 3 heterocycles. The molecular weight excluding hydrogens is 712 g/mol. The van der Waals surface area contributed by atoms with Crippen molar-refractivity contribution in [2.24, 2.45) is 0 Å². The van der Waals surface area contributed by atoms with Crippen LogP contribution in [0.15, 0.2) is 71.7 Å². The Morgan fingerprint density at radius 3 is 2.28 bits per heavy atom. The molecule has 5 aromatic rings. The van der Waals surface area contributed by atoms with Crippen LogP contribution in [0.2, 0.25) is 0 Å². The first kappa shape index (κ1) is 35.9. The van der Waals surface area contributed by atoms with E-state index in [4.69, 9.17) is 4.98 Å². The van der Waals surface area contributed by atoms with Crippen LogP contribution in [-0.4, -0.2) is 31.3 Å². The molecule has 0 spiro atoms.